The molecule has 0 spiro atoms. The van der Waals surface area contributed by atoms with Crippen molar-refractivity contribution in [1.29, 1.82) is 0 Å². The number of nitrogens with one attached hydrogen (secondary N) is 1. The van der Waals surface area contributed by atoms with Gasteiger partial charge in [0.1, 0.15) is 10.3 Å². The van der Waals surface area contributed by atoms with Crippen molar-refractivity contribution in [3.8, 4) is 0 Å². The van der Waals surface area contributed by atoms with E-state index in [0.29, 0.717) is 22.4 Å². The Labute approximate surface area is 112 Å². The molecule has 0 aromatic carbocycles. The average molecular weight is 274 g/mol. The van der Waals surface area contributed by atoms with Gasteiger partial charge in [0.2, 0.25) is 0 Å². The number of halogens is 2. The number of hydrogen-bond acceptors (Lipinski definition) is 3. The summed E-state index contributed by atoms with van der Waals surface area (Å²) in [5, 5.41) is 4.37. The molecule has 1 aliphatic heterocycles. The lowest BCUT2D eigenvalue weighted by Crippen LogP contribution is -2.54. The minimum Gasteiger partial charge on any atom is -0.314 e. The van der Waals surface area contributed by atoms with Gasteiger partial charge in [-0.25, -0.2) is 4.98 Å². The highest BCUT2D eigenvalue weighted by molar-refractivity contribution is 6.32. The highest BCUT2D eigenvalue weighted by Gasteiger charge is 2.24. The summed E-state index contributed by atoms with van der Waals surface area (Å²) >= 11 is 11.9. The minimum atomic E-state index is 0.445. The molecule has 1 aromatic rings. The summed E-state index contributed by atoms with van der Waals surface area (Å²) in [5.41, 5.74) is 1.04. The van der Waals surface area contributed by atoms with E-state index < -0.39 is 0 Å². The maximum Gasteiger partial charge on any atom is 0.135 e. The zero-order valence-corrected chi connectivity index (χ0v) is 11.6. The predicted octanol–water partition coefficient (Wildman–Crippen LogP) is 2.57. The van der Waals surface area contributed by atoms with Gasteiger partial charge in [0, 0.05) is 37.3 Å². The Bertz CT molecular complexity index is 387. The van der Waals surface area contributed by atoms with Crippen molar-refractivity contribution < 1.29 is 0 Å². The third kappa shape index (κ3) is 3.10. The Hall–Kier alpha value is -0.350. The molecule has 0 saturated carbocycles. The normalized spacial score (nSPS) is 26.1. The average Bonchev–Trinajstić information content (AvgIpc) is 2.26. The van der Waals surface area contributed by atoms with E-state index in [4.69, 9.17) is 23.2 Å². The van der Waals surface area contributed by atoms with E-state index in [0.717, 1.165) is 25.2 Å². The van der Waals surface area contributed by atoms with Crippen LogP contribution in [0.5, 0.6) is 0 Å². The zero-order valence-electron chi connectivity index (χ0n) is 10.1. The van der Waals surface area contributed by atoms with Gasteiger partial charge >= 0.3 is 0 Å². The first-order valence-electron chi connectivity index (χ1n) is 5.85. The summed E-state index contributed by atoms with van der Waals surface area (Å²) in [7, 11) is 0. The second kappa shape index (κ2) is 5.53. The van der Waals surface area contributed by atoms with Crippen molar-refractivity contribution in [3.63, 3.8) is 0 Å². The van der Waals surface area contributed by atoms with Gasteiger partial charge in [0.25, 0.3) is 0 Å². The van der Waals surface area contributed by atoms with E-state index in [1.807, 2.05) is 6.07 Å². The molecule has 2 atom stereocenters. The molecule has 94 valence electrons. The van der Waals surface area contributed by atoms with Gasteiger partial charge in [-0.1, -0.05) is 29.3 Å². The van der Waals surface area contributed by atoms with Gasteiger partial charge in [-0.05, 0) is 19.9 Å². The second-order valence-electron chi connectivity index (χ2n) is 4.61. The molecule has 0 amide bonds. The fourth-order valence-corrected chi connectivity index (χ4v) is 2.64. The van der Waals surface area contributed by atoms with Crippen LogP contribution in [0.25, 0.3) is 0 Å². The van der Waals surface area contributed by atoms with Crippen LogP contribution in [0.1, 0.15) is 19.4 Å². The van der Waals surface area contributed by atoms with Gasteiger partial charge < -0.3 is 5.32 Å². The summed E-state index contributed by atoms with van der Waals surface area (Å²) in [6.07, 6.45) is 0. The topological polar surface area (TPSA) is 28.2 Å². The molecular weight excluding hydrogens is 257 g/mol. The SMILES string of the molecule is CC1CNCC(C)N1Cc1ccc(Cl)nc1Cl. The predicted molar refractivity (Wildman–Crippen MR) is 71.6 cm³/mol. The molecule has 1 aliphatic rings. The van der Waals surface area contributed by atoms with Gasteiger partial charge in [-0.15, -0.1) is 0 Å². The first-order valence-corrected chi connectivity index (χ1v) is 6.61. The van der Waals surface area contributed by atoms with E-state index in [-0.39, 0.29) is 0 Å². The summed E-state index contributed by atoms with van der Waals surface area (Å²) in [4.78, 5) is 6.52. The molecule has 0 bridgehead atoms. The molecule has 2 unspecified atom stereocenters. The third-order valence-electron chi connectivity index (χ3n) is 3.26. The van der Waals surface area contributed by atoms with Crippen LogP contribution in [0.4, 0.5) is 0 Å². The van der Waals surface area contributed by atoms with E-state index in [2.05, 4.69) is 29.0 Å². The number of hydrogen-bond donors (Lipinski definition) is 1. The maximum absolute atomic E-state index is 6.11. The highest BCUT2D eigenvalue weighted by Crippen LogP contribution is 2.21. The molecule has 1 fully saturated rings. The van der Waals surface area contributed by atoms with Crippen molar-refractivity contribution in [2.24, 2.45) is 0 Å². The van der Waals surface area contributed by atoms with Crippen molar-refractivity contribution in [3.05, 3.63) is 28.0 Å². The molecule has 2 rings (SSSR count). The lowest BCUT2D eigenvalue weighted by atomic mass is 10.1. The van der Waals surface area contributed by atoms with Crippen LogP contribution in [-0.4, -0.2) is 35.1 Å². The van der Waals surface area contributed by atoms with E-state index in [9.17, 15) is 0 Å². The standard InChI is InChI=1S/C12H17Cl2N3/c1-8-5-15-6-9(2)17(8)7-10-3-4-11(13)16-12(10)14/h3-4,8-9,15H,5-7H2,1-2H3. The van der Waals surface area contributed by atoms with Crippen LogP contribution < -0.4 is 5.32 Å². The Kier molecular flexibility index (Phi) is 4.26. The molecule has 3 nitrogen and oxygen atoms in total. The second-order valence-corrected chi connectivity index (χ2v) is 5.36. The highest BCUT2D eigenvalue weighted by atomic mass is 35.5. The van der Waals surface area contributed by atoms with Crippen molar-refractivity contribution in [2.75, 3.05) is 13.1 Å². The monoisotopic (exact) mass is 273 g/mol. The summed E-state index contributed by atoms with van der Waals surface area (Å²) in [6, 6.07) is 4.76. The van der Waals surface area contributed by atoms with E-state index >= 15 is 0 Å². The van der Waals surface area contributed by atoms with Gasteiger partial charge in [-0.2, -0.15) is 0 Å². The summed E-state index contributed by atoms with van der Waals surface area (Å²) in [6.45, 7) is 7.30. The smallest absolute Gasteiger partial charge is 0.135 e. The van der Waals surface area contributed by atoms with Gasteiger partial charge in [-0.3, -0.25) is 4.90 Å². The molecule has 2 heterocycles. The van der Waals surface area contributed by atoms with Crippen LogP contribution in [0, 0.1) is 0 Å². The molecule has 17 heavy (non-hydrogen) atoms. The zero-order chi connectivity index (χ0) is 12.4. The lowest BCUT2D eigenvalue weighted by molar-refractivity contribution is 0.108. The van der Waals surface area contributed by atoms with Crippen LogP contribution in [0.3, 0.4) is 0 Å². The number of aromatic nitrogens is 1. The van der Waals surface area contributed by atoms with Crippen molar-refractivity contribution in [1.82, 2.24) is 15.2 Å². The van der Waals surface area contributed by atoms with Gasteiger partial charge in [0.15, 0.2) is 0 Å². The first kappa shape index (κ1) is 13.1. The first-order chi connectivity index (χ1) is 8.08. The van der Waals surface area contributed by atoms with Crippen molar-refractivity contribution >= 4 is 23.2 Å². The largest absolute Gasteiger partial charge is 0.314 e. The minimum absolute atomic E-state index is 0.445. The number of pyridine rings is 1. The fraction of sp³-hybridized carbons (Fsp3) is 0.583. The van der Waals surface area contributed by atoms with Crippen LogP contribution in [0.2, 0.25) is 10.3 Å². The molecule has 1 aromatic heterocycles. The number of piperazine rings is 1. The Morgan fingerprint density at radius 2 is 1.94 bits per heavy atom. The quantitative estimate of drug-likeness (QED) is 0.840. The van der Waals surface area contributed by atoms with Gasteiger partial charge in [0.05, 0.1) is 0 Å². The number of rotatable bonds is 2. The summed E-state index contributed by atoms with van der Waals surface area (Å²) in [5.74, 6) is 0. The van der Waals surface area contributed by atoms with Crippen LogP contribution in [0.15, 0.2) is 12.1 Å². The van der Waals surface area contributed by atoms with E-state index in [1.54, 1.807) is 6.07 Å². The fourth-order valence-electron chi connectivity index (χ4n) is 2.24. The van der Waals surface area contributed by atoms with Crippen molar-refractivity contribution in [2.45, 2.75) is 32.5 Å². The molecular formula is C12H17Cl2N3. The van der Waals surface area contributed by atoms with Crippen LogP contribution >= 0.6 is 23.2 Å². The Morgan fingerprint density at radius 3 is 2.53 bits per heavy atom. The molecule has 0 aliphatic carbocycles. The molecule has 5 heteroatoms. The third-order valence-corrected chi connectivity index (χ3v) is 3.79. The summed E-state index contributed by atoms with van der Waals surface area (Å²) < 4.78 is 0. The Balaban J connectivity index is 2.13. The molecule has 1 N–H and O–H groups in total. The number of nitrogens with zero attached hydrogens (tertiary/aromatic N) is 2. The van der Waals surface area contributed by atoms with E-state index in [1.165, 1.54) is 0 Å². The Morgan fingerprint density at radius 1 is 1.29 bits per heavy atom. The molecule has 0 radical (unpaired) electrons. The maximum atomic E-state index is 6.11. The lowest BCUT2D eigenvalue weighted by Gasteiger charge is -2.39. The van der Waals surface area contributed by atoms with Crippen LogP contribution in [-0.2, 0) is 6.54 Å². The molecule has 1 saturated heterocycles.